The molecular weight excluding hydrogens is 356 g/mol. The van der Waals surface area contributed by atoms with Crippen LogP contribution in [-0.2, 0) is 4.79 Å². The third kappa shape index (κ3) is 3.52. The van der Waals surface area contributed by atoms with Gasteiger partial charge in [-0.1, -0.05) is 12.1 Å². The van der Waals surface area contributed by atoms with Gasteiger partial charge < -0.3 is 14.4 Å². The molecular formula is C21H24N4O3. The first-order valence-corrected chi connectivity index (χ1v) is 9.54. The Morgan fingerprint density at radius 2 is 2.04 bits per heavy atom. The van der Waals surface area contributed by atoms with E-state index >= 15 is 0 Å². The molecule has 146 valence electrons. The van der Waals surface area contributed by atoms with E-state index in [0.717, 1.165) is 36.3 Å². The lowest BCUT2D eigenvalue weighted by Crippen LogP contribution is -2.41. The number of amides is 1. The van der Waals surface area contributed by atoms with Crippen LogP contribution in [0.15, 0.2) is 42.6 Å². The number of likely N-dealkylation sites (tertiary alicyclic amines) is 1. The topological polar surface area (TPSA) is 69.0 Å². The quantitative estimate of drug-likeness (QED) is 0.680. The van der Waals surface area contributed by atoms with Gasteiger partial charge in [-0.05, 0) is 44.4 Å². The van der Waals surface area contributed by atoms with Gasteiger partial charge in [0.05, 0.1) is 24.5 Å². The van der Waals surface area contributed by atoms with Crippen molar-refractivity contribution in [3.8, 4) is 11.5 Å². The van der Waals surface area contributed by atoms with Crippen LogP contribution in [0, 0.1) is 6.92 Å². The van der Waals surface area contributed by atoms with E-state index in [4.69, 9.17) is 9.47 Å². The molecule has 1 saturated heterocycles. The van der Waals surface area contributed by atoms with Crippen molar-refractivity contribution in [2.24, 2.45) is 0 Å². The summed E-state index contributed by atoms with van der Waals surface area (Å²) in [5, 5.41) is 4.57. The van der Waals surface area contributed by atoms with Crippen LogP contribution >= 0.6 is 0 Å². The normalized spacial score (nSPS) is 16.9. The predicted octanol–water partition coefficient (Wildman–Crippen LogP) is 3.18. The Balaban J connectivity index is 1.55. The van der Waals surface area contributed by atoms with Crippen molar-refractivity contribution >= 4 is 11.6 Å². The standard InChI is InChI=1S/C21H24N4O3/c1-15-13-20-22-11-10-17(25(20)23-15)16-7-5-6-12-24(16)21(26)14-28-19-9-4-3-8-18(19)27-2/h3-4,8-11,13,16H,5-7,12,14H2,1-2H3/t16-/m1/s1. The highest BCUT2D eigenvalue weighted by atomic mass is 16.5. The van der Waals surface area contributed by atoms with Crippen LogP contribution in [0.1, 0.15) is 36.7 Å². The number of rotatable bonds is 5. The van der Waals surface area contributed by atoms with E-state index in [1.165, 1.54) is 0 Å². The molecule has 3 heterocycles. The summed E-state index contributed by atoms with van der Waals surface area (Å²) >= 11 is 0. The van der Waals surface area contributed by atoms with Crippen LogP contribution in [0.25, 0.3) is 5.65 Å². The number of hydrogen-bond donors (Lipinski definition) is 0. The molecule has 0 spiro atoms. The molecule has 0 radical (unpaired) electrons. The molecule has 3 aromatic rings. The average molecular weight is 380 g/mol. The molecule has 4 rings (SSSR count). The van der Waals surface area contributed by atoms with Crippen molar-refractivity contribution in [3.63, 3.8) is 0 Å². The number of ether oxygens (including phenoxy) is 2. The van der Waals surface area contributed by atoms with Gasteiger partial charge in [-0.3, -0.25) is 4.79 Å². The molecule has 0 N–H and O–H groups in total. The first kappa shape index (κ1) is 18.3. The number of methoxy groups -OCH3 is 1. The largest absolute Gasteiger partial charge is 0.493 e. The van der Waals surface area contributed by atoms with Crippen LogP contribution in [0.2, 0.25) is 0 Å². The van der Waals surface area contributed by atoms with Gasteiger partial charge in [-0.2, -0.15) is 5.10 Å². The van der Waals surface area contributed by atoms with Gasteiger partial charge in [0.25, 0.3) is 5.91 Å². The monoisotopic (exact) mass is 380 g/mol. The van der Waals surface area contributed by atoms with Crippen molar-refractivity contribution in [3.05, 3.63) is 54.0 Å². The van der Waals surface area contributed by atoms with E-state index in [0.29, 0.717) is 18.0 Å². The highest BCUT2D eigenvalue weighted by Gasteiger charge is 2.30. The van der Waals surface area contributed by atoms with Gasteiger partial charge in [0.15, 0.2) is 23.8 Å². The number of fused-ring (bicyclic) bond motifs is 1. The summed E-state index contributed by atoms with van der Waals surface area (Å²) in [7, 11) is 1.59. The summed E-state index contributed by atoms with van der Waals surface area (Å²) in [5.74, 6) is 1.15. The molecule has 1 amide bonds. The number of carbonyl (C=O) groups is 1. The van der Waals surface area contributed by atoms with Crippen LogP contribution < -0.4 is 9.47 Å². The highest BCUT2D eigenvalue weighted by Crippen LogP contribution is 2.32. The summed E-state index contributed by atoms with van der Waals surface area (Å²) in [4.78, 5) is 19.3. The molecule has 1 aliphatic heterocycles. The van der Waals surface area contributed by atoms with Gasteiger partial charge in [0.2, 0.25) is 0 Å². The zero-order valence-electron chi connectivity index (χ0n) is 16.2. The number of benzene rings is 1. The van der Waals surface area contributed by atoms with Gasteiger partial charge in [0.1, 0.15) is 0 Å². The summed E-state index contributed by atoms with van der Waals surface area (Å²) in [6.45, 7) is 2.63. The predicted molar refractivity (Wildman–Crippen MR) is 105 cm³/mol. The maximum Gasteiger partial charge on any atom is 0.261 e. The number of aromatic nitrogens is 3. The number of para-hydroxylation sites is 2. The lowest BCUT2D eigenvalue weighted by molar-refractivity contribution is -0.137. The minimum absolute atomic E-state index is 0.0246. The minimum Gasteiger partial charge on any atom is -0.493 e. The van der Waals surface area contributed by atoms with Crippen molar-refractivity contribution in [1.82, 2.24) is 19.5 Å². The third-order valence-corrected chi connectivity index (χ3v) is 5.09. The van der Waals surface area contributed by atoms with Gasteiger partial charge in [-0.25, -0.2) is 9.50 Å². The summed E-state index contributed by atoms with van der Waals surface area (Å²) < 4.78 is 12.9. The van der Waals surface area contributed by atoms with E-state index in [1.54, 1.807) is 19.4 Å². The molecule has 0 unspecified atom stereocenters. The van der Waals surface area contributed by atoms with Crippen LogP contribution in [-0.4, -0.2) is 45.7 Å². The molecule has 0 aliphatic carbocycles. The van der Waals surface area contributed by atoms with Crippen LogP contribution in [0.5, 0.6) is 11.5 Å². The van der Waals surface area contributed by atoms with Crippen molar-refractivity contribution in [2.45, 2.75) is 32.2 Å². The summed E-state index contributed by atoms with van der Waals surface area (Å²) in [6, 6.07) is 11.2. The van der Waals surface area contributed by atoms with Crippen molar-refractivity contribution in [1.29, 1.82) is 0 Å². The van der Waals surface area contributed by atoms with E-state index in [1.807, 2.05) is 46.7 Å². The van der Waals surface area contributed by atoms with Gasteiger partial charge in [-0.15, -0.1) is 0 Å². The number of carbonyl (C=O) groups excluding carboxylic acids is 1. The van der Waals surface area contributed by atoms with E-state index in [-0.39, 0.29) is 18.6 Å². The Morgan fingerprint density at radius 1 is 1.21 bits per heavy atom. The molecule has 7 heteroatoms. The number of piperidine rings is 1. The van der Waals surface area contributed by atoms with Gasteiger partial charge >= 0.3 is 0 Å². The third-order valence-electron chi connectivity index (χ3n) is 5.09. The lowest BCUT2D eigenvalue weighted by Gasteiger charge is -2.35. The molecule has 1 aromatic carbocycles. The molecule has 0 saturated carbocycles. The second-order valence-electron chi connectivity index (χ2n) is 6.96. The number of aryl methyl sites for hydroxylation is 1. The first-order chi connectivity index (χ1) is 13.7. The van der Waals surface area contributed by atoms with Crippen LogP contribution in [0.4, 0.5) is 0 Å². The van der Waals surface area contributed by atoms with Gasteiger partial charge in [0, 0.05) is 18.8 Å². The fourth-order valence-electron chi connectivity index (χ4n) is 3.78. The molecule has 28 heavy (non-hydrogen) atoms. The molecule has 1 fully saturated rings. The SMILES string of the molecule is COc1ccccc1OCC(=O)N1CCCC[C@@H]1c1ccnc2cc(C)nn12. The molecule has 0 bridgehead atoms. The minimum atomic E-state index is -0.0375. The second kappa shape index (κ2) is 7.88. The smallest absolute Gasteiger partial charge is 0.261 e. The van der Waals surface area contributed by atoms with Crippen molar-refractivity contribution < 1.29 is 14.3 Å². The zero-order valence-corrected chi connectivity index (χ0v) is 16.2. The lowest BCUT2D eigenvalue weighted by atomic mass is 9.99. The summed E-state index contributed by atoms with van der Waals surface area (Å²) in [6.07, 6.45) is 4.75. The average Bonchev–Trinajstić information content (AvgIpc) is 3.12. The van der Waals surface area contributed by atoms with E-state index in [2.05, 4.69) is 10.1 Å². The second-order valence-corrected chi connectivity index (χ2v) is 6.96. The van der Waals surface area contributed by atoms with Crippen LogP contribution in [0.3, 0.4) is 0 Å². The first-order valence-electron chi connectivity index (χ1n) is 9.54. The molecule has 1 aliphatic rings. The maximum atomic E-state index is 13.0. The number of hydrogen-bond acceptors (Lipinski definition) is 5. The maximum absolute atomic E-state index is 13.0. The Hall–Kier alpha value is -3.09. The molecule has 7 nitrogen and oxygen atoms in total. The van der Waals surface area contributed by atoms with E-state index in [9.17, 15) is 4.79 Å². The summed E-state index contributed by atoms with van der Waals surface area (Å²) in [5.41, 5.74) is 2.70. The Kier molecular flexibility index (Phi) is 5.14. The Morgan fingerprint density at radius 3 is 2.86 bits per heavy atom. The Bertz CT molecular complexity index is 985. The number of nitrogens with zero attached hydrogens (tertiary/aromatic N) is 4. The fraction of sp³-hybridized carbons (Fsp3) is 0.381. The highest BCUT2D eigenvalue weighted by molar-refractivity contribution is 5.78. The molecule has 2 aromatic heterocycles. The Labute approximate surface area is 163 Å². The zero-order chi connectivity index (χ0) is 19.5. The van der Waals surface area contributed by atoms with E-state index < -0.39 is 0 Å². The molecule has 1 atom stereocenters. The fourth-order valence-corrected chi connectivity index (χ4v) is 3.78. The van der Waals surface area contributed by atoms with Crippen molar-refractivity contribution in [2.75, 3.05) is 20.3 Å².